The molecule has 1 N–H and O–H groups in total. The molecule has 0 saturated carbocycles. The Morgan fingerprint density at radius 3 is 2.18 bits per heavy atom. The zero-order valence-corrected chi connectivity index (χ0v) is 20.2. The standard InChI is InChI=1S/C27H33N3O4/c1-4-5-16-28-25(32)20(3)30(18-21-14-12-19(2)13-15-21)24(31)11-8-17-29-26(33)22-9-6-7-10-23(22)27(29)34/h6-7,9-10,12-15,20H,4-5,8,11,16-18H2,1-3H3,(H,28,32)/t20-/m0/s1. The molecule has 7 nitrogen and oxygen atoms in total. The molecule has 0 saturated heterocycles. The van der Waals surface area contributed by atoms with Crippen LogP contribution in [0.2, 0.25) is 0 Å². The number of imide groups is 1. The maximum atomic E-state index is 13.2. The van der Waals surface area contributed by atoms with Gasteiger partial charge in [-0.15, -0.1) is 0 Å². The quantitative estimate of drug-likeness (QED) is 0.407. The van der Waals surface area contributed by atoms with Crippen LogP contribution in [0.25, 0.3) is 0 Å². The summed E-state index contributed by atoms with van der Waals surface area (Å²) in [5.41, 5.74) is 2.86. The summed E-state index contributed by atoms with van der Waals surface area (Å²) in [4.78, 5) is 53.8. The van der Waals surface area contributed by atoms with Gasteiger partial charge in [-0.05, 0) is 44.4 Å². The molecule has 3 rings (SSSR count). The minimum Gasteiger partial charge on any atom is -0.354 e. The molecule has 34 heavy (non-hydrogen) atoms. The first-order valence-corrected chi connectivity index (χ1v) is 11.9. The van der Waals surface area contributed by atoms with E-state index >= 15 is 0 Å². The molecule has 0 aliphatic carbocycles. The molecule has 4 amide bonds. The van der Waals surface area contributed by atoms with E-state index in [0.29, 0.717) is 30.6 Å². The van der Waals surface area contributed by atoms with Crippen LogP contribution < -0.4 is 5.32 Å². The summed E-state index contributed by atoms with van der Waals surface area (Å²) in [5, 5.41) is 2.91. The Bertz CT molecular complexity index is 1010. The Hall–Kier alpha value is -3.48. The van der Waals surface area contributed by atoms with Gasteiger partial charge < -0.3 is 10.2 Å². The minimum absolute atomic E-state index is 0.131. The van der Waals surface area contributed by atoms with E-state index in [2.05, 4.69) is 12.2 Å². The molecule has 0 spiro atoms. The fourth-order valence-corrected chi connectivity index (χ4v) is 3.98. The van der Waals surface area contributed by atoms with Gasteiger partial charge in [-0.3, -0.25) is 24.1 Å². The monoisotopic (exact) mass is 463 g/mol. The average molecular weight is 464 g/mol. The molecule has 1 atom stereocenters. The van der Waals surface area contributed by atoms with Gasteiger partial charge in [0.1, 0.15) is 6.04 Å². The number of unbranched alkanes of at least 4 members (excludes halogenated alkanes) is 1. The Morgan fingerprint density at radius 1 is 0.971 bits per heavy atom. The lowest BCUT2D eigenvalue weighted by molar-refractivity contribution is -0.140. The molecule has 0 fully saturated rings. The molecule has 7 heteroatoms. The molecule has 180 valence electrons. The SMILES string of the molecule is CCCCNC(=O)[C@H](C)N(Cc1ccc(C)cc1)C(=O)CCCN1C(=O)c2ccccc2C1=O. The number of carbonyl (C=O) groups is 4. The van der Waals surface area contributed by atoms with E-state index in [4.69, 9.17) is 0 Å². The number of nitrogens with zero attached hydrogens (tertiary/aromatic N) is 2. The van der Waals surface area contributed by atoms with Crippen molar-refractivity contribution in [1.29, 1.82) is 0 Å². The third kappa shape index (κ3) is 5.90. The molecule has 2 aromatic carbocycles. The molecular formula is C27H33N3O4. The summed E-state index contributed by atoms with van der Waals surface area (Å²) in [6.45, 7) is 6.83. The second-order valence-corrected chi connectivity index (χ2v) is 8.74. The number of aryl methyl sites for hydroxylation is 1. The van der Waals surface area contributed by atoms with Crippen LogP contribution in [-0.4, -0.2) is 52.6 Å². The maximum absolute atomic E-state index is 13.2. The molecule has 1 aliphatic rings. The van der Waals surface area contributed by atoms with Gasteiger partial charge in [0.2, 0.25) is 11.8 Å². The fourth-order valence-electron chi connectivity index (χ4n) is 3.98. The van der Waals surface area contributed by atoms with Crippen LogP contribution in [0.4, 0.5) is 0 Å². The molecule has 0 aromatic heterocycles. The van der Waals surface area contributed by atoms with E-state index in [9.17, 15) is 19.2 Å². The highest BCUT2D eigenvalue weighted by molar-refractivity contribution is 6.21. The van der Waals surface area contributed by atoms with Crippen molar-refractivity contribution in [2.75, 3.05) is 13.1 Å². The summed E-state index contributed by atoms with van der Waals surface area (Å²) < 4.78 is 0. The number of hydrogen-bond donors (Lipinski definition) is 1. The van der Waals surface area contributed by atoms with Crippen LogP contribution in [0.3, 0.4) is 0 Å². The van der Waals surface area contributed by atoms with Gasteiger partial charge in [0.05, 0.1) is 11.1 Å². The van der Waals surface area contributed by atoms with Crippen LogP contribution in [0.1, 0.15) is 71.4 Å². The lowest BCUT2D eigenvalue weighted by atomic mass is 10.1. The molecule has 1 aliphatic heterocycles. The van der Waals surface area contributed by atoms with Gasteiger partial charge in [-0.25, -0.2) is 0 Å². The van der Waals surface area contributed by atoms with Gasteiger partial charge in [-0.2, -0.15) is 0 Å². The third-order valence-electron chi connectivity index (χ3n) is 6.12. The van der Waals surface area contributed by atoms with E-state index in [1.54, 1.807) is 36.1 Å². The van der Waals surface area contributed by atoms with Crippen LogP contribution >= 0.6 is 0 Å². The van der Waals surface area contributed by atoms with Gasteiger partial charge >= 0.3 is 0 Å². The Morgan fingerprint density at radius 2 is 1.59 bits per heavy atom. The van der Waals surface area contributed by atoms with Crippen molar-refractivity contribution in [2.24, 2.45) is 0 Å². The topological polar surface area (TPSA) is 86.8 Å². The smallest absolute Gasteiger partial charge is 0.261 e. The maximum Gasteiger partial charge on any atom is 0.261 e. The molecule has 2 aromatic rings. The third-order valence-corrected chi connectivity index (χ3v) is 6.12. The van der Waals surface area contributed by atoms with E-state index in [0.717, 1.165) is 24.0 Å². The second-order valence-electron chi connectivity index (χ2n) is 8.74. The van der Waals surface area contributed by atoms with Crippen molar-refractivity contribution in [3.63, 3.8) is 0 Å². The van der Waals surface area contributed by atoms with Crippen molar-refractivity contribution < 1.29 is 19.2 Å². The van der Waals surface area contributed by atoms with Crippen LogP contribution in [0.5, 0.6) is 0 Å². The summed E-state index contributed by atoms with van der Waals surface area (Å²) >= 11 is 0. The largest absolute Gasteiger partial charge is 0.354 e. The Labute approximate surface area is 201 Å². The van der Waals surface area contributed by atoms with Crippen LogP contribution in [0, 0.1) is 6.92 Å². The first kappa shape index (κ1) is 25.1. The Balaban J connectivity index is 1.64. The predicted octanol–water partition coefficient (Wildman–Crippen LogP) is 3.70. The summed E-state index contributed by atoms with van der Waals surface area (Å²) in [7, 11) is 0. The number of benzene rings is 2. The highest BCUT2D eigenvalue weighted by atomic mass is 16.2. The minimum atomic E-state index is -0.634. The number of hydrogen-bond acceptors (Lipinski definition) is 4. The molecular weight excluding hydrogens is 430 g/mol. The van der Waals surface area contributed by atoms with Gasteiger partial charge in [0.25, 0.3) is 11.8 Å². The average Bonchev–Trinajstić information content (AvgIpc) is 3.08. The van der Waals surface area contributed by atoms with E-state index in [1.807, 2.05) is 31.2 Å². The summed E-state index contributed by atoms with van der Waals surface area (Å²) in [6.07, 6.45) is 2.31. The lowest BCUT2D eigenvalue weighted by Gasteiger charge is -2.29. The summed E-state index contributed by atoms with van der Waals surface area (Å²) in [6, 6.07) is 14.0. The lowest BCUT2D eigenvalue weighted by Crippen LogP contribution is -2.47. The van der Waals surface area contributed by atoms with Crippen molar-refractivity contribution in [1.82, 2.24) is 15.1 Å². The van der Waals surface area contributed by atoms with Crippen molar-refractivity contribution in [3.8, 4) is 0 Å². The molecule has 1 heterocycles. The van der Waals surface area contributed by atoms with Crippen molar-refractivity contribution >= 4 is 23.6 Å². The highest BCUT2D eigenvalue weighted by Crippen LogP contribution is 2.23. The normalized spacial score (nSPS) is 13.6. The van der Waals surface area contributed by atoms with E-state index in [-0.39, 0.29) is 36.6 Å². The number of rotatable bonds is 11. The van der Waals surface area contributed by atoms with Gasteiger partial charge in [-0.1, -0.05) is 55.3 Å². The van der Waals surface area contributed by atoms with Crippen molar-refractivity contribution in [2.45, 2.75) is 59.0 Å². The fraction of sp³-hybridized carbons (Fsp3) is 0.407. The van der Waals surface area contributed by atoms with E-state index < -0.39 is 6.04 Å². The number of carbonyl (C=O) groups excluding carboxylic acids is 4. The van der Waals surface area contributed by atoms with Crippen LogP contribution in [0.15, 0.2) is 48.5 Å². The first-order chi connectivity index (χ1) is 16.3. The number of fused-ring (bicyclic) bond motifs is 1. The number of amides is 4. The number of nitrogens with one attached hydrogen (secondary N) is 1. The zero-order valence-electron chi connectivity index (χ0n) is 20.2. The first-order valence-electron chi connectivity index (χ1n) is 11.9. The highest BCUT2D eigenvalue weighted by Gasteiger charge is 2.35. The van der Waals surface area contributed by atoms with Crippen LogP contribution in [-0.2, 0) is 16.1 Å². The molecule has 0 unspecified atom stereocenters. The second kappa shape index (κ2) is 11.6. The summed E-state index contributed by atoms with van der Waals surface area (Å²) in [5.74, 6) is -1.02. The zero-order chi connectivity index (χ0) is 24.7. The van der Waals surface area contributed by atoms with Gasteiger partial charge in [0.15, 0.2) is 0 Å². The van der Waals surface area contributed by atoms with Gasteiger partial charge in [0, 0.05) is 26.1 Å². The van der Waals surface area contributed by atoms with E-state index in [1.165, 1.54) is 4.90 Å². The molecule has 0 bridgehead atoms. The Kier molecular flexibility index (Phi) is 8.57. The van der Waals surface area contributed by atoms with Crippen molar-refractivity contribution in [3.05, 3.63) is 70.8 Å². The molecule has 0 radical (unpaired) electrons. The predicted molar refractivity (Wildman–Crippen MR) is 130 cm³/mol.